The van der Waals surface area contributed by atoms with Crippen LogP contribution in [-0.4, -0.2) is 38.3 Å². The van der Waals surface area contributed by atoms with Gasteiger partial charge in [0, 0.05) is 13.1 Å². The van der Waals surface area contributed by atoms with Crippen molar-refractivity contribution in [3.8, 4) is 5.75 Å². The van der Waals surface area contributed by atoms with Crippen LogP contribution in [-0.2, 0) is 14.8 Å². The number of carbonyl (C=O) groups excluding carboxylic acids is 1. The third-order valence-electron chi connectivity index (χ3n) is 5.05. The summed E-state index contributed by atoms with van der Waals surface area (Å²) in [7, 11) is -3.82. The number of benzene rings is 2. The van der Waals surface area contributed by atoms with E-state index in [1.165, 1.54) is 16.4 Å². The van der Waals surface area contributed by atoms with E-state index in [1.54, 1.807) is 19.1 Å². The number of hydrogen-bond donors (Lipinski definition) is 1. The van der Waals surface area contributed by atoms with Crippen LogP contribution in [0.5, 0.6) is 5.75 Å². The number of piperidine rings is 1. The Hall–Kier alpha value is -2.52. The van der Waals surface area contributed by atoms with E-state index < -0.39 is 39.2 Å². The molecule has 1 amide bonds. The number of carbonyl (C=O) groups is 1. The first-order chi connectivity index (χ1) is 14.2. The lowest BCUT2D eigenvalue weighted by Crippen LogP contribution is -2.43. The van der Waals surface area contributed by atoms with Crippen molar-refractivity contribution < 1.29 is 26.7 Å². The number of para-hydroxylation sites is 1. The molecule has 1 heterocycles. The van der Waals surface area contributed by atoms with E-state index in [0.29, 0.717) is 30.8 Å². The molecule has 2 aromatic carbocycles. The van der Waals surface area contributed by atoms with Gasteiger partial charge in [0.15, 0.2) is 0 Å². The molecule has 0 aliphatic carbocycles. The molecule has 9 heteroatoms. The molecule has 2 aromatic rings. The van der Waals surface area contributed by atoms with Crippen molar-refractivity contribution in [2.24, 2.45) is 5.92 Å². The lowest BCUT2D eigenvalue weighted by molar-refractivity contribution is -0.120. The van der Waals surface area contributed by atoms with Gasteiger partial charge in [0.1, 0.15) is 23.1 Å². The maximum atomic E-state index is 13.8. The number of rotatable bonds is 6. The summed E-state index contributed by atoms with van der Waals surface area (Å²) in [6.07, 6.45) is 0.892. The number of nitrogens with zero attached hydrogens (tertiary/aromatic N) is 1. The molecule has 0 bridgehead atoms. The van der Waals surface area contributed by atoms with E-state index in [0.717, 1.165) is 12.1 Å². The minimum atomic E-state index is -3.82. The van der Waals surface area contributed by atoms with Crippen LogP contribution in [0.4, 0.5) is 14.5 Å². The number of hydrogen-bond acceptors (Lipinski definition) is 4. The molecular weight excluding hydrogens is 414 g/mol. The minimum Gasteiger partial charge on any atom is -0.494 e. The van der Waals surface area contributed by atoms with Crippen LogP contribution in [0.25, 0.3) is 0 Å². The van der Waals surface area contributed by atoms with Gasteiger partial charge in [-0.1, -0.05) is 6.07 Å². The van der Waals surface area contributed by atoms with E-state index in [4.69, 9.17) is 4.74 Å². The molecule has 6 nitrogen and oxygen atoms in total. The number of amides is 1. The first kappa shape index (κ1) is 22.2. The molecule has 1 fully saturated rings. The predicted octanol–water partition coefficient (Wildman–Crippen LogP) is 3.71. The minimum absolute atomic E-state index is 0.0590. The van der Waals surface area contributed by atoms with Gasteiger partial charge in [0.05, 0.1) is 17.4 Å². The zero-order chi connectivity index (χ0) is 21.9. The molecule has 1 aliphatic rings. The summed E-state index contributed by atoms with van der Waals surface area (Å²) in [6, 6.07) is 7.93. The van der Waals surface area contributed by atoms with Crippen molar-refractivity contribution in [2.45, 2.75) is 31.6 Å². The summed E-state index contributed by atoms with van der Waals surface area (Å²) >= 11 is 0. The van der Waals surface area contributed by atoms with Crippen molar-refractivity contribution in [3.05, 3.63) is 53.6 Å². The molecule has 30 heavy (non-hydrogen) atoms. The summed E-state index contributed by atoms with van der Waals surface area (Å²) < 4.78 is 60.5. The van der Waals surface area contributed by atoms with Gasteiger partial charge in [-0.25, -0.2) is 17.2 Å². The average molecular weight is 438 g/mol. The average Bonchev–Trinajstić information content (AvgIpc) is 2.72. The first-order valence-corrected chi connectivity index (χ1v) is 11.2. The van der Waals surface area contributed by atoms with Crippen LogP contribution in [0.15, 0.2) is 41.3 Å². The monoisotopic (exact) mass is 438 g/mol. The molecule has 1 aliphatic heterocycles. The molecule has 1 atom stereocenters. The summed E-state index contributed by atoms with van der Waals surface area (Å²) in [5.74, 6) is -2.47. The van der Waals surface area contributed by atoms with Gasteiger partial charge in [0.2, 0.25) is 15.9 Å². The third-order valence-corrected chi connectivity index (χ3v) is 6.91. The molecule has 0 saturated carbocycles. The first-order valence-electron chi connectivity index (χ1n) is 9.72. The topological polar surface area (TPSA) is 75.7 Å². The summed E-state index contributed by atoms with van der Waals surface area (Å²) in [5.41, 5.74) is 0.170. The van der Waals surface area contributed by atoms with Crippen LogP contribution < -0.4 is 10.1 Å². The normalized spacial score (nSPS) is 17.5. The second kappa shape index (κ2) is 9.09. The van der Waals surface area contributed by atoms with Gasteiger partial charge >= 0.3 is 0 Å². The third kappa shape index (κ3) is 4.62. The van der Waals surface area contributed by atoms with Crippen LogP contribution in [0, 0.1) is 24.5 Å². The molecule has 1 saturated heterocycles. The number of sulfonamides is 1. The highest BCUT2D eigenvalue weighted by Crippen LogP contribution is 2.28. The SMILES string of the molecule is CCOc1ccc(S(=O)(=O)N2CCC[C@H](C(=O)Nc3c(F)cccc3F)C2)cc1C. The Kier molecular flexibility index (Phi) is 6.72. The fourth-order valence-electron chi connectivity index (χ4n) is 3.47. The molecule has 1 N–H and O–H groups in total. The van der Waals surface area contributed by atoms with Gasteiger partial charge in [0.25, 0.3) is 0 Å². The zero-order valence-corrected chi connectivity index (χ0v) is 17.6. The number of ether oxygens (including phenoxy) is 1. The fraction of sp³-hybridized carbons (Fsp3) is 0.381. The molecule has 0 spiro atoms. The highest BCUT2D eigenvalue weighted by atomic mass is 32.2. The summed E-state index contributed by atoms with van der Waals surface area (Å²) in [6.45, 7) is 4.29. The summed E-state index contributed by atoms with van der Waals surface area (Å²) in [5, 5.41) is 2.26. The van der Waals surface area contributed by atoms with Crippen LogP contribution in [0.3, 0.4) is 0 Å². The molecule has 0 radical (unpaired) electrons. The number of anilines is 1. The Balaban J connectivity index is 1.76. The second-order valence-electron chi connectivity index (χ2n) is 7.15. The van der Waals surface area contributed by atoms with Gasteiger partial charge in [-0.3, -0.25) is 4.79 Å². The fourth-order valence-corrected chi connectivity index (χ4v) is 5.08. The van der Waals surface area contributed by atoms with Crippen molar-refractivity contribution in [1.29, 1.82) is 0 Å². The Morgan fingerprint density at radius 3 is 2.57 bits per heavy atom. The van der Waals surface area contributed by atoms with E-state index in [2.05, 4.69) is 5.32 Å². The highest BCUT2D eigenvalue weighted by Gasteiger charge is 2.34. The Bertz CT molecular complexity index is 1020. The maximum Gasteiger partial charge on any atom is 0.243 e. The van der Waals surface area contributed by atoms with Crippen LogP contribution in [0.1, 0.15) is 25.3 Å². The van der Waals surface area contributed by atoms with Crippen molar-refractivity contribution in [2.75, 3.05) is 25.0 Å². The quantitative estimate of drug-likeness (QED) is 0.746. The van der Waals surface area contributed by atoms with Crippen LogP contribution >= 0.6 is 0 Å². The van der Waals surface area contributed by atoms with E-state index >= 15 is 0 Å². The maximum absolute atomic E-state index is 13.8. The van der Waals surface area contributed by atoms with Crippen molar-refractivity contribution >= 4 is 21.6 Å². The second-order valence-corrected chi connectivity index (χ2v) is 9.09. The lowest BCUT2D eigenvalue weighted by Gasteiger charge is -2.31. The van der Waals surface area contributed by atoms with E-state index in [9.17, 15) is 22.0 Å². The molecule has 0 unspecified atom stereocenters. The van der Waals surface area contributed by atoms with Gasteiger partial charge in [-0.15, -0.1) is 0 Å². The standard InChI is InChI=1S/C21H24F2N2O4S/c1-3-29-19-10-9-16(12-14(19)2)30(27,28)25-11-5-6-15(13-25)21(26)24-20-17(22)7-4-8-18(20)23/h4,7-10,12,15H,3,5-6,11,13H2,1-2H3,(H,24,26)/t15-/m0/s1. The largest absolute Gasteiger partial charge is 0.494 e. The van der Waals surface area contributed by atoms with Gasteiger partial charge in [-0.05, 0) is 62.6 Å². The van der Waals surface area contributed by atoms with Crippen molar-refractivity contribution in [1.82, 2.24) is 4.31 Å². The Labute approximate surface area is 174 Å². The summed E-state index contributed by atoms with van der Waals surface area (Å²) in [4.78, 5) is 12.7. The Morgan fingerprint density at radius 1 is 1.23 bits per heavy atom. The number of aryl methyl sites for hydroxylation is 1. The predicted molar refractivity (Wildman–Crippen MR) is 109 cm³/mol. The van der Waals surface area contributed by atoms with Crippen LogP contribution in [0.2, 0.25) is 0 Å². The molecule has 3 rings (SSSR count). The van der Waals surface area contributed by atoms with Gasteiger partial charge < -0.3 is 10.1 Å². The highest BCUT2D eigenvalue weighted by molar-refractivity contribution is 7.89. The van der Waals surface area contributed by atoms with Crippen molar-refractivity contribution in [3.63, 3.8) is 0 Å². The number of nitrogens with one attached hydrogen (secondary N) is 1. The van der Waals surface area contributed by atoms with E-state index in [1.807, 2.05) is 6.92 Å². The van der Waals surface area contributed by atoms with Gasteiger partial charge in [-0.2, -0.15) is 4.31 Å². The number of halogens is 2. The molecule has 162 valence electrons. The Morgan fingerprint density at radius 2 is 1.93 bits per heavy atom. The molecular formula is C21H24F2N2O4S. The van der Waals surface area contributed by atoms with E-state index in [-0.39, 0.29) is 18.0 Å². The smallest absolute Gasteiger partial charge is 0.243 e. The molecule has 0 aromatic heterocycles. The zero-order valence-electron chi connectivity index (χ0n) is 16.8. The lowest BCUT2D eigenvalue weighted by atomic mass is 9.98.